The number of thiazole rings is 1. The number of alkyl halides is 3. The van der Waals surface area contributed by atoms with Crippen LogP contribution in [-0.4, -0.2) is 37.1 Å². The predicted molar refractivity (Wildman–Crippen MR) is 110 cm³/mol. The van der Waals surface area contributed by atoms with Crippen molar-refractivity contribution in [3.8, 4) is 0 Å². The summed E-state index contributed by atoms with van der Waals surface area (Å²) in [4.78, 5) is 12.2. The van der Waals surface area contributed by atoms with Crippen LogP contribution in [0, 0.1) is 0 Å². The SMILES string of the molecule is CO/N=C1\CCCc2nc(N3CCC(c4cc(Cl)cc(Cl)c4)(C(F)(F)F)C3)sc21. The number of anilines is 1. The van der Waals surface area contributed by atoms with Gasteiger partial charge in [0.15, 0.2) is 5.13 Å². The second-order valence-electron chi connectivity index (χ2n) is 7.26. The molecule has 156 valence electrons. The Bertz CT molecular complexity index is 942. The molecule has 0 N–H and O–H groups in total. The maximum absolute atomic E-state index is 14.3. The maximum atomic E-state index is 14.3. The summed E-state index contributed by atoms with van der Waals surface area (Å²) in [6.45, 7) is 0.0170. The number of hydrogen-bond donors (Lipinski definition) is 0. The third-order valence-corrected chi connectivity index (χ3v) is 7.12. The molecular formula is C19H18Cl2F3N3OS. The number of rotatable bonds is 3. The van der Waals surface area contributed by atoms with Gasteiger partial charge in [0.05, 0.1) is 16.3 Å². The Morgan fingerprint density at radius 1 is 1.21 bits per heavy atom. The summed E-state index contributed by atoms with van der Waals surface area (Å²) < 4.78 is 42.8. The van der Waals surface area contributed by atoms with Crippen molar-refractivity contribution in [2.75, 3.05) is 25.1 Å². The summed E-state index contributed by atoms with van der Waals surface area (Å²) in [7, 11) is 1.48. The quantitative estimate of drug-likeness (QED) is 0.535. The first kappa shape index (κ1) is 20.8. The summed E-state index contributed by atoms with van der Waals surface area (Å²) in [5.74, 6) is 0. The van der Waals surface area contributed by atoms with Gasteiger partial charge in [-0.1, -0.05) is 39.7 Å². The summed E-state index contributed by atoms with van der Waals surface area (Å²) in [6, 6.07) is 4.16. The monoisotopic (exact) mass is 463 g/mol. The summed E-state index contributed by atoms with van der Waals surface area (Å²) in [5.41, 5.74) is -0.271. The van der Waals surface area contributed by atoms with Crippen molar-refractivity contribution < 1.29 is 18.0 Å². The average Bonchev–Trinajstić information content (AvgIpc) is 3.26. The lowest BCUT2D eigenvalue weighted by atomic mass is 9.79. The molecule has 1 atom stereocenters. The molecule has 0 radical (unpaired) electrons. The molecule has 0 bridgehead atoms. The molecule has 2 aliphatic rings. The molecule has 1 aromatic heterocycles. The van der Waals surface area contributed by atoms with Gasteiger partial charge in [0.25, 0.3) is 0 Å². The van der Waals surface area contributed by atoms with Crippen LogP contribution in [0.15, 0.2) is 23.4 Å². The van der Waals surface area contributed by atoms with Gasteiger partial charge in [-0.15, -0.1) is 0 Å². The van der Waals surface area contributed by atoms with Gasteiger partial charge < -0.3 is 9.74 Å². The molecule has 4 rings (SSSR count). The highest BCUT2D eigenvalue weighted by Gasteiger charge is 2.59. The van der Waals surface area contributed by atoms with Gasteiger partial charge in [-0.05, 0) is 49.4 Å². The van der Waals surface area contributed by atoms with Crippen molar-refractivity contribution in [1.82, 2.24) is 4.98 Å². The van der Waals surface area contributed by atoms with Crippen LogP contribution in [0.4, 0.5) is 18.3 Å². The van der Waals surface area contributed by atoms with Crippen molar-refractivity contribution >= 4 is 45.4 Å². The Hall–Kier alpha value is -1.51. The van der Waals surface area contributed by atoms with E-state index in [0.717, 1.165) is 35.5 Å². The molecule has 1 fully saturated rings. The van der Waals surface area contributed by atoms with E-state index in [0.29, 0.717) is 5.13 Å². The Balaban J connectivity index is 1.70. The number of hydrogen-bond acceptors (Lipinski definition) is 5. The first-order chi connectivity index (χ1) is 13.7. The number of aryl methyl sites for hydroxylation is 1. The van der Waals surface area contributed by atoms with E-state index in [1.165, 1.54) is 36.6 Å². The zero-order chi connectivity index (χ0) is 20.8. The fourth-order valence-corrected chi connectivity index (χ4v) is 5.71. The van der Waals surface area contributed by atoms with Gasteiger partial charge in [-0.2, -0.15) is 13.2 Å². The topological polar surface area (TPSA) is 37.7 Å². The summed E-state index contributed by atoms with van der Waals surface area (Å²) in [6.07, 6.45) is -2.08. The fraction of sp³-hybridized carbons (Fsp3) is 0.474. The smallest absolute Gasteiger partial charge is 0.399 e. The van der Waals surface area contributed by atoms with Gasteiger partial charge in [0.2, 0.25) is 0 Å². The number of nitrogens with zero attached hydrogens (tertiary/aromatic N) is 3. The van der Waals surface area contributed by atoms with Crippen LogP contribution in [0.25, 0.3) is 0 Å². The summed E-state index contributed by atoms with van der Waals surface area (Å²) in [5, 5.41) is 5.03. The van der Waals surface area contributed by atoms with Crippen LogP contribution in [0.5, 0.6) is 0 Å². The van der Waals surface area contributed by atoms with Crippen LogP contribution in [0.2, 0.25) is 10.0 Å². The van der Waals surface area contributed by atoms with Crippen LogP contribution in [-0.2, 0) is 16.7 Å². The molecule has 2 aromatic rings. The molecule has 0 spiro atoms. The fourth-order valence-electron chi connectivity index (χ4n) is 4.04. The molecule has 10 heteroatoms. The number of oxime groups is 1. The normalized spacial score (nSPS) is 23.5. The van der Waals surface area contributed by atoms with Crippen molar-refractivity contribution in [2.45, 2.75) is 37.3 Å². The van der Waals surface area contributed by atoms with E-state index in [-0.39, 0.29) is 35.1 Å². The van der Waals surface area contributed by atoms with Crippen LogP contribution in [0.1, 0.15) is 35.4 Å². The Kier molecular flexibility index (Phi) is 5.46. The first-order valence-electron chi connectivity index (χ1n) is 9.12. The van der Waals surface area contributed by atoms with Gasteiger partial charge in [0, 0.05) is 23.1 Å². The van der Waals surface area contributed by atoms with E-state index in [1.807, 2.05) is 0 Å². The standard InChI is InChI=1S/C19H18Cl2F3N3OS/c1-28-26-15-4-2-3-14-16(15)29-17(25-14)27-6-5-18(10-27,19(22,23)24)11-7-12(20)9-13(21)8-11/h7-9H,2-6,10H2,1H3/b26-15+. The lowest BCUT2D eigenvalue weighted by Crippen LogP contribution is -2.44. The van der Waals surface area contributed by atoms with Crippen molar-refractivity contribution in [3.05, 3.63) is 44.4 Å². The third-order valence-electron chi connectivity index (χ3n) is 5.47. The Morgan fingerprint density at radius 2 is 1.93 bits per heavy atom. The summed E-state index contributed by atoms with van der Waals surface area (Å²) >= 11 is 13.4. The van der Waals surface area contributed by atoms with Gasteiger partial charge in [-0.3, -0.25) is 0 Å². The number of fused-ring (bicyclic) bond motifs is 1. The molecule has 0 amide bonds. The van der Waals surface area contributed by atoms with Crippen molar-refractivity contribution in [1.29, 1.82) is 0 Å². The van der Waals surface area contributed by atoms with Gasteiger partial charge in [-0.25, -0.2) is 4.98 Å². The molecule has 1 saturated heterocycles. The predicted octanol–water partition coefficient (Wildman–Crippen LogP) is 5.85. The average molecular weight is 464 g/mol. The minimum Gasteiger partial charge on any atom is -0.399 e. The van der Waals surface area contributed by atoms with Crippen molar-refractivity contribution in [3.63, 3.8) is 0 Å². The molecule has 1 unspecified atom stereocenters. The minimum absolute atomic E-state index is 0.0869. The van der Waals surface area contributed by atoms with Crippen molar-refractivity contribution in [2.24, 2.45) is 5.16 Å². The lowest BCUT2D eigenvalue weighted by molar-refractivity contribution is -0.184. The van der Waals surface area contributed by atoms with E-state index in [1.54, 1.807) is 4.90 Å². The molecule has 4 nitrogen and oxygen atoms in total. The van der Waals surface area contributed by atoms with Gasteiger partial charge in [0.1, 0.15) is 12.5 Å². The largest absolute Gasteiger partial charge is 0.400 e. The van der Waals surface area contributed by atoms with E-state index in [4.69, 9.17) is 28.0 Å². The maximum Gasteiger partial charge on any atom is 0.400 e. The van der Waals surface area contributed by atoms with Crippen LogP contribution >= 0.6 is 34.5 Å². The van der Waals surface area contributed by atoms with E-state index in [2.05, 4.69) is 10.1 Å². The number of benzene rings is 1. The molecule has 2 heterocycles. The molecular weight excluding hydrogens is 446 g/mol. The molecule has 0 saturated carbocycles. The van der Waals surface area contributed by atoms with Gasteiger partial charge >= 0.3 is 6.18 Å². The second kappa shape index (κ2) is 7.63. The molecule has 1 aliphatic heterocycles. The Labute approximate surface area is 180 Å². The van der Waals surface area contributed by atoms with E-state index in [9.17, 15) is 13.2 Å². The number of aromatic nitrogens is 1. The molecule has 1 aromatic carbocycles. The zero-order valence-corrected chi connectivity index (χ0v) is 17.9. The molecule has 1 aliphatic carbocycles. The second-order valence-corrected chi connectivity index (χ2v) is 9.11. The van der Waals surface area contributed by atoms with E-state index < -0.39 is 11.6 Å². The Morgan fingerprint density at radius 3 is 2.59 bits per heavy atom. The van der Waals surface area contributed by atoms with E-state index >= 15 is 0 Å². The minimum atomic E-state index is -4.45. The zero-order valence-electron chi connectivity index (χ0n) is 15.5. The molecule has 29 heavy (non-hydrogen) atoms. The highest BCUT2D eigenvalue weighted by atomic mass is 35.5. The highest BCUT2D eigenvalue weighted by Crippen LogP contribution is 2.50. The third kappa shape index (κ3) is 3.70. The number of halogens is 5. The first-order valence-corrected chi connectivity index (χ1v) is 10.7. The highest BCUT2D eigenvalue weighted by molar-refractivity contribution is 7.17. The van der Waals surface area contributed by atoms with Crippen LogP contribution in [0.3, 0.4) is 0 Å². The lowest BCUT2D eigenvalue weighted by Gasteiger charge is -2.32. The van der Waals surface area contributed by atoms with Crippen LogP contribution < -0.4 is 4.90 Å².